The number of morpholine rings is 1. The van der Waals surface area contributed by atoms with Gasteiger partial charge in [0.05, 0.1) is 38.8 Å². The molecule has 0 radical (unpaired) electrons. The molecule has 0 atom stereocenters. The van der Waals surface area contributed by atoms with Crippen molar-refractivity contribution in [2.24, 2.45) is 17.0 Å². The predicted molar refractivity (Wildman–Crippen MR) is 134 cm³/mol. The van der Waals surface area contributed by atoms with E-state index in [0.717, 1.165) is 41.5 Å². The topological polar surface area (TPSA) is 130 Å². The average molecular weight is 464 g/mol. The molecule has 1 fully saturated rings. The zero-order valence-corrected chi connectivity index (χ0v) is 19.4. The molecule has 1 saturated heterocycles. The Morgan fingerprint density at radius 3 is 2.68 bits per heavy atom. The number of anilines is 2. The first-order valence-electron chi connectivity index (χ1n) is 10.9. The van der Waals surface area contributed by atoms with Crippen LogP contribution in [0.1, 0.15) is 5.82 Å². The number of fused-ring (bicyclic) bond motifs is 1. The van der Waals surface area contributed by atoms with E-state index in [0.29, 0.717) is 37.9 Å². The number of hydrogen-bond acceptors (Lipinski definition) is 10. The van der Waals surface area contributed by atoms with Crippen molar-refractivity contribution < 1.29 is 9.84 Å². The normalized spacial score (nSPS) is 15.0. The molecule has 0 aliphatic carbocycles. The number of nitrogens with zero attached hydrogens (tertiary/aromatic N) is 8. The highest BCUT2D eigenvalue weighted by molar-refractivity contribution is 5.86. The molecular formula is C23H29N9O2. The third-order valence-electron chi connectivity index (χ3n) is 5.45. The summed E-state index contributed by atoms with van der Waals surface area (Å²) in [5.74, 6) is 2.21. The Morgan fingerprint density at radius 2 is 1.97 bits per heavy atom. The van der Waals surface area contributed by atoms with Crippen LogP contribution < -0.4 is 10.6 Å². The number of aliphatic hydroxyl groups is 1. The van der Waals surface area contributed by atoms with Crippen LogP contribution >= 0.6 is 0 Å². The smallest absolute Gasteiger partial charge is 0.166 e. The van der Waals surface area contributed by atoms with Crippen LogP contribution in [0.2, 0.25) is 0 Å². The van der Waals surface area contributed by atoms with Gasteiger partial charge in [-0.2, -0.15) is 0 Å². The van der Waals surface area contributed by atoms with Crippen LogP contribution in [0.5, 0.6) is 0 Å². The maximum atomic E-state index is 9.59. The zero-order valence-electron chi connectivity index (χ0n) is 19.4. The number of benzene rings is 1. The van der Waals surface area contributed by atoms with E-state index in [4.69, 9.17) is 25.4 Å². The number of nitrogen functional groups attached to an aromatic ring is 1. The molecule has 2 aromatic heterocycles. The molecule has 11 nitrogen and oxygen atoms in total. The van der Waals surface area contributed by atoms with Gasteiger partial charge in [0, 0.05) is 31.4 Å². The van der Waals surface area contributed by atoms with Crippen LogP contribution in [0.25, 0.3) is 22.6 Å². The van der Waals surface area contributed by atoms with Crippen LogP contribution in [0.4, 0.5) is 11.5 Å². The van der Waals surface area contributed by atoms with E-state index < -0.39 is 0 Å². The van der Waals surface area contributed by atoms with Crippen molar-refractivity contribution in [3.8, 4) is 11.4 Å². The van der Waals surface area contributed by atoms with Crippen molar-refractivity contribution >= 4 is 35.6 Å². The molecule has 1 aliphatic heterocycles. The van der Waals surface area contributed by atoms with E-state index in [1.54, 1.807) is 0 Å². The summed E-state index contributed by atoms with van der Waals surface area (Å²) >= 11 is 0. The van der Waals surface area contributed by atoms with Gasteiger partial charge in [-0.15, -0.1) is 0 Å². The summed E-state index contributed by atoms with van der Waals surface area (Å²) in [6, 6.07) is 7.54. The Bertz CT molecular complexity index is 1210. The molecule has 0 spiro atoms. The third kappa shape index (κ3) is 5.21. The number of allylic oxidation sites excluding steroid dienone is 1. The largest absolute Gasteiger partial charge is 0.505 e. The minimum atomic E-state index is -0.0493. The van der Waals surface area contributed by atoms with Crippen LogP contribution in [0.15, 0.2) is 46.2 Å². The van der Waals surface area contributed by atoms with Crippen LogP contribution in [-0.4, -0.2) is 82.5 Å². The number of ether oxygens (including phenoxy) is 1. The van der Waals surface area contributed by atoms with Crippen molar-refractivity contribution in [3.05, 3.63) is 42.0 Å². The van der Waals surface area contributed by atoms with Gasteiger partial charge in [-0.3, -0.25) is 14.9 Å². The number of aromatic nitrogens is 4. The van der Waals surface area contributed by atoms with Gasteiger partial charge in [0.1, 0.15) is 5.82 Å². The molecule has 3 aromatic rings. The second-order valence-electron chi connectivity index (χ2n) is 8.06. The van der Waals surface area contributed by atoms with E-state index in [2.05, 4.69) is 21.6 Å². The summed E-state index contributed by atoms with van der Waals surface area (Å²) < 4.78 is 7.52. The molecule has 0 bridgehead atoms. The Kier molecular flexibility index (Phi) is 7.14. The molecule has 0 amide bonds. The summed E-state index contributed by atoms with van der Waals surface area (Å²) in [5.41, 5.74) is 8.96. The average Bonchev–Trinajstić information content (AvgIpc) is 3.15. The van der Waals surface area contributed by atoms with Gasteiger partial charge in [-0.1, -0.05) is 0 Å². The van der Waals surface area contributed by atoms with Crippen LogP contribution in [-0.2, 0) is 18.3 Å². The molecule has 11 heteroatoms. The Hall–Kier alpha value is -3.83. The van der Waals surface area contributed by atoms with Gasteiger partial charge in [-0.05, 0) is 38.0 Å². The monoisotopic (exact) mass is 463 g/mol. The van der Waals surface area contributed by atoms with Gasteiger partial charge in [-0.25, -0.2) is 15.0 Å². The molecule has 0 unspecified atom stereocenters. The first-order chi connectivity index (χ1) is 16.5. The fourth-order valence-electron chi connectivity index (χ4n) is 3.68. The molecular weight excluding hydrogens is 434 g/mol. The van der Waals surface area contributed by atoms with Gasteiger partial charge in [0.2, 0.25) is 0 Å². The molecule has 34 heavy (non-hydrogen) atoms. The Morgan fingerprint density at radius 1 is 1.24 bits per heavy atom. The lowest BCUT2D eigenvalue weighted by molar-refractivity contribution is 0.122. The van der Waals surface area contributed by atoms with Gasteiger partial charge < -0.3 is 25.0 Å². The van der Waals surface area contributed by atoms with Crippen LogP contribution in [0, 0.1) is 0 Å². The molecule has 3 N–H and O–H groups in total. The fraction of sp³-hybridized carbons (Fsp3) is 0.348. The number of aryl methyl sites for hydroxylation is 1. The zero-order chi connectivity index (χ0) is 24.1. The van der Waals surface area contributed by atoms with Crippen molar-refractivity contribution in [1.29, 1.82) is 0 Å². The number of rotatable bonds is 8. The molecule has 3 heterocycles. The van der Waals surface area contributed by atoms with E-state index in [9.17, 15) is 5.11 Å². The van der Waals surface area contributed by atoms with Gasteiger partial charge >= 0.3 is 0 Å². The van der Waals surface area contributed by atoms with Crippen molar-refractivity contribution in [3.63, 3.8) is 0 Å². The molecule has 0 saturated carbocycles. The molecule has 1 aliphatic rings. The second kappa shape index (κ2) is 10.4. The first kappa shape index (κ1) is 23.3. The highest BCUT2D eigenvalue weighted by Gasteiger charge is 2.22. The summed E-state index contributed by atoms with van der Waals surface area (Å²) in [7, 11) is 3.88. The van der Waals surface area contributed by atoms with Crippen molar-refractivity contribution in [2.45, 2.75) is 6.54 Å². The minimum absolute atomic E-state index is 0.0493. The SMILES string of the molecule is C=N/C=C(O)\C=N/CN(C)Cc1nc2c(N3CCOCC3)nc(-c3ccc(N)cc3)nc2n1C. The number of nitrogens with two attached hydrogens (primary N) is 1. The van der Waals surface area contributed by atoms with E-state index in [-0.39, 0.29) is 5.76 Å². The Labute approximate surface area is 197 Å². The maximum absolute atomic E-state index is 9.59. The standard InChI is InChI=1S/C23H29N9O2/c1-25-12-18(33)13-26-15-30(2)14-19-27-20-22(31(19)3)28-21(16-4-6-17(24)7-5-16)29-23(20)32-8-10-34-11-9-32/h4-7,12-13,33H,1,8-11,14-15,24H2,2-3H3/b18-12+,26-13-. The number of imidazole rings is 1. The van der Waals surface area contributed by atoms with E-state index >= 15 is 0 Å². The lowest BCUT2D eigenvalue weighted by Crippen LogP contribution is -2.37. The second-order valence-corrected chi connectivity index (χ2v) is 8.06. The number of aliphatic imine (C=N–C) groups is 2. The summed E-state index contributed by atoms with van der Waals surface area (Å²) in [6.45, 7) is 6.98. The minimum Gasteiger partial charge on any atom is -0.505 e. The van der Waals surface area contributed by atoms with Crippen molar-refractivity contribution in [1.82, 2.24) is 24.4 Å². The highest BCUT2D eigenvalue weighted by atomic mass is 16.5. The van der Waals surface area contributed by atoms with Crippen molar-refractivity contribution in [2.75, 3.05) is 50.7 Å². The lowest BCUT2D eigenvalue weighted by atomic mass is 10.2. The predicted octanol–water partition coefficient (Wildman–Crippen LogP) is 2.01. The first-order valence-corrected chi connectivity index (χ1v) is 10.9. The molecule has 178 valence electrons. The summed E-state index contributed by atoms with van der Waals surface area (Å²) in [4.78, 5) is 26.6. The number of aliphatic hydroxyl groups excluding tert-OH is 1. The quantitative estimate of drug-likeness (QED) is 0.295. The van der Waals surface area contributed by atoms with Crippen LogP contribution in [0.3, 0.4) is 0 Å². The highest BCUT2D eigenvalue weighted by Crippen LogP contribution is 2.28. The van der Waals surface area contributed by atoms with Gasteiger partial charge in [0.25, 0.3) is 0 Å². The summed E-state index contributed by atoms with van der Waals surface area (Å²) in [6.07, 6.45) is 2.58. The number of hydrogen-bond donors (Lipinski definition) is 2. The summed E-state index contributed by atoms with van der Waals surface area (Å²) in [5, 5.41) is 9.59. The fourth-order valence-corrected chi connectivity index (χ4v) is 3.68. The Balaban J connectivity index is 1.68. The molecule has 4 rings (SSSR count). The lowest BCUT2D eigenvalue weighted by Gasteiger charge is -2.28. The van der Waals surface area contributed by atoms with E-state index in [1.165, 1.54) is 12.4 Å². The van der Waals surface area contributed by atoms with E-state index in [1.807, 2.05) is 47.8 Å². The van der Waals surface area contributed by atoms with Gasteiger partial charge in [0.15, 0.2) is 28.6 Å². The third-order valence-corrected chi connectivity index (χ3v) is 5.45. The maximum Gasteiger partial charge on any atom is 0.166 e. The molecule has 1 aromatic carbocycles.